The van der Waals surface area contributed by atoms with E-state index in [0.717, 1.165) is 0 Å². The molecule has 2 aromatic carbocycles. The monoisotopic (exact) mass is 431 g/mol. The van der Waals surface area contributed by atoms with E-state index in [9.17, 15) is 14.0 Å². The summed E-state index contributed by atoms with van der Waals surface area (Å²) in [5.74, 6) is -0.151. The van der Waals surface area contributed by atoms with Gasteiger partial charge in [0.2, 0.25) is 5.91 Å². The summed E-state index contributed by atoms with van der Waals surface area (Å²) in [6.45, 7) is -0.0678. The van der Waals surface area contributed by atoms with E-state index in [-0.39, 0.29) is 24.8 Å². The van der Waals surface area contributed by atoms with Crippen molar-refractivity contribution in [3.05, 3.63) is 58.6 Å². The first-order chi connectivity index (χ1) is 14.3. The minimum absolute atomic E-state index is 0.0110. The van der Waals surface area contributed by atoms with E-state index >= 15 is 0 Å². The number of carbonyl (C=O) groups is 2. The predicted molar refractivity (Wildman–Crippen MR) is 113 cm³/mol. The number of ether oxygens (including phenoxy) is 1. The summed E-state index contributed by atoms with van der Waals surface area (Å²) < 4.78 is 20.3. The molecule has 2 amide bonds. The normalized spacial score (nSPS) is 25.7. The van der Waals surface area contributed by atoms with Gasteiger partial charge in [0.15, 0.2) is 5.54 Å². The van der Waals surface area contributed by atoms with Gasteiger partial charge in [-0.05, 0) is 24.3 Å². The van der Waals surface area contributed by atoms with Gasteiger partial charge in [-0.2, -0.15) is 0 Å². The molecule has 0 saturated carbocycles. The van der Waals surface area contributed by atoms with Gasteiger partial charge < -0.3 is 15.0 Å². The highest BCUT2D eigenvalue weighted by molar-refractivity contribution is 6.31. The molecule has 0 aliphatic carbocycles. The molecule has 1 saturated heterocycles. The largest absolute Gasteiger partial charge is 0.496 e. The number of nitrogens with one attached hydrogen (secondary N) is 1. The number of likely N-dealkylation sites (N-methyl/N-ethyl adjacent to an activating group) is 1. The standard InChI is InChI=1S/C22H23ClFN3O3/c1-26(2)20(28)18-11-14(24)12-27(18)22(15-6-4-5-7-19(15)30-3)16-10-13(23)8-9-17(16)25-21(22)29/h4-10,14,18H,11-12H2,1-3H3,(H,25,29)/t14-,18+,22?/m0/s1. The van der Waals surface area contributed by atoms with Crippen LogP contribution < -0.4 is 10.1 Å². The number of halogens is 2. The Kier molecular flexibility index (Phi) is 5.20. The topological polar surface area (TPSA) is 61.9 Å². The van der Waals surface area contributed by atoms with Crippen LogP contribution >= 0.6 is 11.6 Å². The second-order valence-electron chi connectivity index (χ2n) is 7.79. The molecule has 8 heteroatoms. The number of methoxy groups -OCH3 is 1. The Bertz CT molecular complexity index is 1010. The molecule has 158 valence electrons. The second kappa shape index (κ2) is 7.56. The Morgan fingerprint density at radius 1 is 1.27 bits per heavy atom. The van der Waals surface area contributed by atoms with Crippen molar-refractivity contribution >= 4 is 29.1 Å². The molecule has 6 nitrogen and oxygen atoms in total. The van der Waals surface area contributed by atoms with Gasteiger partial charge in [0.25, 0.3) is 5.91 Å². The highest BCUT2D eigenvalue weighted by atomic mass is 35.5. The minimum Gasteiger partial charge on any atom is -0.496 e. The van der Waals surface area contributed by atoms with Crippen molar-refractivity contribution in [2.45, 2.75) is 24.2 Å². The van der Waals surface area contributed by atoms with Crippen LogP contribution in [0.5, 0.6) is 5.75 Å². The average molecular weight is 432 g/mol. The first-order valence-electron chi connectivity index (χ1n) is 9.67. The molecule has 2 heterocycles. The zero-order valence-electron chi connectivity index (χ0n) is 17.0. The molecule has 2 aliphatic rings. The molecule has 4 rings (SSSR count). The first-order valence-corrected chi connectivity index (χ1v) is 10.1. The van der Waals surface area contributed by atoms with Gasteiger partial charge in [0, 0.05) is 48.9 Å². The highest BCUT2D eigenvalue weighted by Crippen LogP contribution is 2.51. The zero-order valence-corrected chi connectivity index (χ0v) is 17.7. The molecular formula is C22H23ClFN3O3. The van der Waals surface area contributed by atoms with Crippen LogP contribution in [0.25, 0.3) is 0 Å². The van der Waals surface area contributed by atoms with Crippen LogP contribution in [0, 0.1) is 0 Å². The number of likely N-dealkylation sites (tertiary alicyclic amines) is 1. The van der Waals surface area contributed by atoms with E-state index < -0.39 is 17.8 Å². The molecule has 0 radical (unpaired) electrons. The van der Waals surface area contributed by atoms with Gasteiger partial charge in [-0.25, -0.2) is 4.39 Å². The van der Waals surface area contributed by atoms with Gasteiger partial charge in [0.05, 0.1) is 13.2 Å². The summed E-state index contributed by atoms with van der Waals surface area (Å²) in [4.78, 5) is 29.8. The van der Waals surface area contributed by atoms with Crippen LogP contribution in [-0.2, 0) is 15.1 Å². The maximum atomic E-state index is 14.8. The van der Waals surface area contributed by atoms with Crippen LogP contribution in [0.2, 0.25) is 5.02 Å². The van der Waals surface area contributed by atoms with Gasteiger partial charge in [-0.1, -0.05) is 29.8 Å². The lowest BCUT2D eigenvalue weighted by molar-refractivity contribution is -0.138. The molecule has 1 N–H and O–H groups in total. The van der Waals surface area contributed by atoms with E-state index in [1.807, 2.05) is 0 Å². The minimum atomic E-state index is -1.45. The van der Waals surface area contributed by atoms with Crippen LogP contribution in [0.15, 0.2) is 42.5 Å². The van der Waals surface area contributed by atoms with E-state index in [1.165, 1.54) is 12.0 Å². The molecule has 3 atom stereocenters. The molecule has 30 heavy (non-hydrogen) atoms. The van der Waals surface area contributed by atoms with Crippen molar-refractivity contribution in [2.24, 2.45) is 0 Å². The summed E-state index contributed by atoms with van der Waals surface area (Å²) >= 11 is 6.31. The smallest absolute Gasteiger partial charge is 0.254 e. The van der Waals surface area contributed by atoms with Crippen molar-refractivity contribution in [3.63, 3.8) is 0 Å². The first kappa shape index (κ1) is 20.6. The third-order valence-corrected chi connectivity index (χ3v) is 6.09. The van der Waals surface area contributed by atoms with Crippen molar-refractivity contribution in [1.82, 2.24) is 9.80 Å². The number of rotatable bonds is 4. The number of hydrogen-bond acceptors (Lipinski definition) is 4. The van der Waals surface area contributed by atoms with Crippen molar-refractivity contribution < 1.29 is 18.7 Å². The van der Waals surface area contributed by atoms with Gasteiger partial charge >= 0.3 is 0 Å². The summed E-state index contributed by atoms with van der Waals surface area (Å²) in [6.07, 6.45) is -1.24. The zero-order chi connectivity index (χ0) is 21.6. The molecule has 0 bridgehead atoms. The Morgan fingerprint density at radius 3 is 2.70 bits per heavy atom. The average Bonchev–Trinajstić information content (AvgIpc) is 3.24. The Labute approximate surface area is 179 Å². The number of fused-ring (bicyclic) bond motifs is 1. The van der Waals surface area contributed by atoms with Gasteiger partial charge in [-0.15, -0.1) is 0 Å². The fourth-order valence-corrected chi connectivity index (χ4v) is 4.77. The maximum Gasteiger partial charge on any atom is 0.254 e. The molecule has 2 aromatic rings. The molecule has 0 spiro atoms. The quantitative estimate of drug-likeness (QED) is 0.808. The van der Waals surface area contributed by atoms with E-state index in [4.69, 9.17) is 16.3 Å². The molecule has 2 aliphatic heterocycles. The lowest BCUT2D eigenvalue weighted by Crippen LogP contribution is -2.57. The molecule has 1 unspecified atom stereocenters. The second-order valence-corrected chi connectivity index (χ2v) is 8.22. The summed E-state index contributed by atoms with van der Waals surface area (Å²) in [5.41, 5.74) is 0.241. The van der Waals surface area contributed by atoms with Crippen molar-refractivity contribution in [3.8, 4) is 5.75 Å². The maximum absolute atomic E-state index is 14.8. The van der Waals surface area contributed by atoms with E-state index in [2.05, 4.69) is 5.32 Å². The SMILES string of the molecule is COc1ccccc1C1(N2C[C@@H](F)C[C@@H]2C(=O)N(C)C)C(=O)Nc2ccc(Cl)cc21. The Balaban J connectivity index is 2.03. The third kappa shape index (κ3) is 2.96. The van der Waals surface area contributed by atoms with E-state index in [1.54, 1.807) is 61.5 Å². The highest BCUT2D eigenvalue weighted by Gasteiger charge is 2.59. The number of anilines is 1. The number of benzene rings is 2. The molecule has 1 fully saturated rings. The van der Waals surface area contributed by atoms with E-state index in [0.29, 0.717) is 27.6 Å². The summed E-state index contributed by atoms with van der Waals surface area (Å²) in [6, 6.07) is 11.4. The van der Waals surface area contributed by atoms with Gasteiger partial charge in [-0.3, -0.25) is 14.5 Å². The number of nitrogens with zero attached hydrogens (tertiary/aromatic N) is 2. The number of carbonyl (C=O) groups excluding carboxylic acids is 2. The lowest BCUT2D eigenvalue weighted by atomic mass is 9.80. The number of amides is 2. The Morgan fingerprint density at radius 2 is 2.00 bits per heavy atom. The van der Waals surface area contributed by atoms with Crippen LogP contribution in [0.3, 0.4) is 0 Å². The lowest BCUT2D eigenvalue weighted by Gasteiger charge is -2.41. The van der Waals surface area contributed by atoms with Crippen molar-refractivity contribution in [2.75, 3.05) is 33.1 Å². The van der Waals surface area contributed by atoms with Crippen LogP contribution in [0.1, 0.15) is 17.5 Å². The summed E-state index contributed by atoms with van der Waals surface area (Å²) in [5, 5.41) is 3.34. The molecular weight excluding hydrogens is 409 g/mol. The number of para-hydroxylation sites is 1. The van der Waals surface area contributed by atoms with Crippen molar-refractivity contribution in [1.29, 1.82) is 0 Å². The van der Waals surface area contributed by atoms with Crippen LogP contribution in [0.4, 0.5) is 10.1 Å². The molecule has 0 aromatic heterocycles. The van der Waals surface area contributed by atoms with Gasteiger partial charge in [0.1, 0.15) is 11.9 Å². The predicted octanol–water partition coefficient (Wildman–Crippen LogP) is 3.04. The Hall–Kier alpha value is -2.64. The number of alkyl halides is 1. The number of hydrogen-bond donors (Lipinski definition) is 1. The fraction of sp³-hybridized carbons (Fsp3) is 0.364. The summed E-state index contributed by atoms with van der Waals surface area (Å²) in [7, 11) is 4.77. The third-order valence-electron chi connectivity index (χ3n) is 5.85. The fourth-order valence-electron chi connectivity index (χ4n) is 4.60. The van der Waals surface area contributed by atoms with Crippen LogP contribution in [-0.4, -0.2) is 61.6 Å².